The molecule has 1 heterocycles. The highest BCUT2D eigenvalue weighted by atomic mass is 79.9. The van der Waals surface area contributed by atoms with Crippen LogP contribution < -0.4 is 0 Å². The van der Waals surface area contributed by atoms with Crippen LogP contribution in [0.4, 0.5) is 0 Å². The first-order valence-corrected chi connectivity index (χ1v) is 7.80. The Balaban J connectivity index is 1.83. The first-order chi connectivity index (χ1) is 8.25. The van der Waals surface area contributed by atoms with E-state index in [0.717, 1.165) is 12.8 Å². The number of thiophene rings is 1. The number of benzene rings is 1. The Morgan fingerprint density at radius 1 is 1.29 bits per heavy atom. The second-order valence-corrected chi connectivity index (χ2v) is 6.79. The zero-order valence-electron chi connectivity index (χ0n) is 9.20. The fourth-order valence-corrected chi connectivity index (χ4v) is 4.51. The maximum absolute atomic E-state index is 6.57. The highest BCUT2D eigenvalue weighted by Gasteiger charge is 2.31. The van der Waals surface area contributed by atoms with Crippen LogP contribution in [0.15, 0.2) is 40.2 Å². The second-order valence-electron chi connectivity index (χ2n) is 4.46. The molecule has 0 bridgehead atoms. The van der Waals surface area contributed by atoms with Gasteiger partial charge in [0, 0.05) is 9.35 Å². The van der Waals surface area contributed by atoms with Gasteiger partial charge >= 0.3 is 0 Å². The average molecular weight is 328 g/mol. The van der Waals surface area contributed by atoms with Gasteiger partial charge in [0.05, 0.1) is 5.38 Å². The minimum Gasteiger partial charge on any atom is -0.148 e. The SMILES string of the molecule is ClC1c2ccccc2CC1Cc1sccc1Br. The van der Waals surface area contributed by atoms with E-state index in [1.807, 2.05) is 11.3 Å². The maximum atomic E-state index is 6.57. The highest BCUT2D eigenvalue weighted by Crippen LogP contribution is 2.43. The summed E-state index contributed by atoms with van der Waals surface area (Å²) >= 11 is 12.0. The maximum Gasteiger partial charge on any atom is 0.0622 e. The van der Waals surface area contributed by atoms with Gasteiger partial charge < -0.3 is 0 Å². The lowest BCUT2D eigenvalue weighted by molar-refractivity contribution is 0.547. The molecule has 0 nitrogen and oxygen atoms in total. The molecule has 1 aromatic carbocycles. The Kier molecular flexibility index (Phi) is 3.29. The molecule has 1 aliphatic rings. The number of halogens is 2. The number of rotatable bonds is 2. The van der Waals surface area contributed by atoms with Crippen LogP contribution in [0.3, 0.4) is 0 Å². The molecule has 0 spiro atoms. The van der Waals surface area contributed by atoms with Crippen molar-refractivity contribution in [3.05, 3.63) is 56.2 Å². The van der Waals surface area contributed by atoms with E-state index in [-0.39, 0.29) is 5.38 Å². The monoisotopic (exact) mass is 326 g/mol. The molecular formula is C14H12BrClS. The topological polar surface area (TPSA) is 0 Å². The molecule has 2 unspecified atom stereocenters. The summed E-state index contributed by atoms with van der Waals surface area (Å²) in [6.07, 6.45) is 2.18. The van der Waals surface area contributed by atoms with Gasteiger partial charge in [-0.15, -0.1) is 22.9 Å². The van der Waals surface area contributed by atoms with Crippen molar-refractivity contribution in [1.82, 2.24) is 0 Å². The van der Waals surface area contributed by atoms with Gasteiger partial charge in [0.25, 0.3) is 0 Å². The fourth-order valence-electron chi connectivity index (χ4n) is 2.51. The number of alkyl halides is 1. The van der Waals surface area contributed by atoms with Crippen molar-refractivity contribution < 1.29 is 0 Å². The van der Waals surface area contributed by atoms with Gasteiger partial charge in [-0.3, -0.25) is 0 Å². The van der Waals surface area contributed by atoms with Crippen LogP contribution in [0.2, 0.25) is 0 Å². The number of hydrogen-bond acceptors (Lipinski definition) is 1. The van der Waals surface area contributed by atoms with E-state index in [1.165, 1.54) is 20.5 Å². The van der Waals surface area contributed by atoms with Gasteiger partial charge in [0.2, 0.25) is 0 Å². The average Bonchev–Trinajstić information content (AvgIpc) is 2.87. The van der Waals surface area contributed by atoms with Crippen molar-refractivity contribution in [2.24, 2.45) is 5.92 Å². The lowest BCUT2D eigenvalue weighted by Gasteiger charge is -2.13. The first-order valence-electron chi connectivity index (χ1n) is 5.69. The van der Waals surface area contributed by atoms with Crippen LogP contribution in [0.25, 0.3) is 0 Å². The Labute approximate surface area is 119 Å². The summed E-state index contributed by atoms with van der Waals surface area (Å²) in [7, 11) is 0. The Hall–Kier alpha value is -0.310. The van der Waals surface area contributed by atoms with Gasteiger partial charge in [0.1, 0.15) is 0 Å². The Bertz CT molecular complexity index is 535. The van der Waals surface area contributed by atoms with Crippen molar-refractivity contribution in [2.45, 2.75) is 18.2 Å². The minimum absolute atomic E-state index is 0.167. The summed E-state index contributed by atoms with van der Waals surface area (Å²) in [6, 6.07) is 10.7. The summed E-state index contributed by atoms with van der Waals surface area (Å²) in [5.74, 6) is 0.531. The van der Waals surface area contributed by atoms with Crippen molar-refractivity contribution in [1.29, 1.82) is 0 Å². The van der Waals surface area contributed by atoms with E-state index >= 15 is 0 Å². The zero-order chi connectivity index (χ0) is 11.8. The molecule has 17 heavy (non-hydrogen) atoms. The van der Waals surface area contributed by atoms with E-state index in [4.69, 9.17) is 11.6 Å². The van der Waals surface area contributed by atoms with Gasteiger partial charge in [-0.25, -0.2) is 0 Å². The van der Waals surface area contributed by atoms with E-state index < -0.39 is 0 Å². The van der Waals surface area contributed by atoms with Crippen LogP contribution in [0.1, 0.15) is 21.4 Å². The zero-order valence-corrected chi connectivity index (χ0v) is 12.4. The van der Waals surface area contributed by atoms with Crippen molar-refractivity contribution in [3.8, 4) is 0 Å². The molecule has 88 valence electrons. The lowest BCUT2D eigenvalue weighted by Crippen LogP contribution is -2.05. The lowest BCUT2D eigenvalue weighted by atomic mass is 10.0. The van der Waals surface area contributed by atoms with Gasteiger partial charge in [0.15, 0.2) is 0 Å². The molecule has 0 radical (unpaired) electrons. The van der Waals surface area contributed by atoms with E-state index in [1.54, 1.807) is 0 Å². The molecular weight excluding hydrogens is 316 g/mol. The molecule has 0 saturated heterocycles. The molecule has 0 amide bonds. The van der Waals surface area contributed by atoms with Crippen LogP contribution in [0, 0.1) is 5.92 Å². The summed E-state index contributed by atoms with van der Waals surface area (Å²) in [6.45, 7) is 0. The fraction of sp³-hybridized carbons (Fsp3) is 0.286. The van der Waals surface area contributed by atoms with E-state index in [9.17, 15) is 0 Å². The normalized spacial score (nSPS) is 22.7. The largest absolute Gasteiger partial charge is 0.148 e. The summed E-state index contributed by atoms with van der Waals surface area (Å²) in [5.41, 5.74) is 2.75. The van der Waals surface area contributed by atoms with Gasteiger partial charge in [-0.05, 0) is 57.3 Å². The second kappa shape index (κ2) is 4.75. The predicted molar refractivity (Wildman–Crippen MR) is 78.0 cm³/mol. The Morgan fingerprint density at radius 2 is 2.12 bits per heavy atom. The third-order valence-corrected chi connectivity index (χ3v) is 5.93. The van der Waals surface area contributed by atoms with Gasteiger partial charge in [-0.2, -0.15) is 0 Å². The third-order valence-electron chi connectivity index (χ3n) is 3.39. The molecule has 0 aliphatic heterocycles. The summed E-state index contributed by atoms with van der Waals surface area (Å²) in [4.78, 5) is 1.41. The molecule has 3 heteroatoms. The van der Waals surface area contributed by atoms with Crippen molar-refractivity contribution in [2.75, 3.05) is 0 Å². The molecule has 0 saturated carbocycles. The molecule has 3 rings (SSSR count). The van der Waals surface area contributed by atoms with Crippen LogP contribution in [-0.4, -0.2) is 0 Å². The Morgan fingerprint density at radius 3 is 2.82 bits per heavy atom. The molecule has 0 N–H and O–H groups in total. The third kappa shape index (κ3) is 2.18. The molecule has 0 fully saturated rings. The number of fused-ring (bicyclic) bond motifs is 1. The standard InChI is InChI=1S/C14H12BrClS/c15-12-5-6-17-13(12)8-10-7-9-3-1-2-4-11(9)14(10)16/h1-6,10,14H,7-8H2. The number of hydrogen-bond donors (Lipinski definition) is 0. The molecule has 1 aromatic heterocycles. The van der Waals surface area contributed by atoms with E-state index in [2.05, 4.69) is 51.6 Å². The van der Waals surface area contributed by atoms with Crippen LogP contribution >= 0.6 is 38.9 Å². The van der Waals surface area contributed by atoms with Gasteiger partial charge in [-0.1, -0.05) is 24.3 Å². The van der Waals surface area contributed by atoms with Crippen LogP contribution in [0.5, 0.6) is 0 Å². The van der Waals surface area contributed by atoms with Crippen molar-refractivity contribution >= 4 is 38.9 Å². The highest BCUT2D eigenvalue weighted by molar-refractivity contribution is 9.10. The quantitative estimate of drug-likeness (QED) is 0.665. The molecule has 2 atom stereocenters. The first kappa shape index (κ1) is 11.8. The smallest absolute Gasteiger partial charge is 0.0622 e. The summed E-state index contributed by atoms with van der Waals surface area (Å²) < 4.78 is 1.22. The molecule has 2 aromatic rings. The van der Waals surface area contributed by atoms with Crippen molar-refractivity contribution in [3.63, 3.8) is 0 Å². The van der Waals surface area contributed by atoms with Crippen LogP contribution in [-0.2, 0) is 12.8 Å². The summed E-state index contributed by atoms with van der Waals surface area (Å²) in [5, 5.41) is 2.30. The minimum atomic E-state index is 0.167. The van der Waals surface area contributed by atoms with E-state index in [0.29, 0.717) is 5.92 Å². The predicted octanol–water partition coefficient (Wildman–Crippen LogP) is 5.21. The molecule has 1 aliphatic carbocycles.